The number of carbonyl (C=O) groups is 2. The van der Waals surface area contributed by atoms with Gasteiger partial charge in [-0.3, -0.25) is 9.59 Å². The standard InChI is InChI=1S/C20H22N6O2/c1-20(2,17(27)24-16-6-4-15(14-21)5-7-16)18(28)25-10-12-26(13-11-25)19-22-8-3-9-23-19/h3-9H,10-13H2,1-2H3,(H,24,27). The molecule has 1 N–H and O–H groups in total. The molecule has 28 heavy (non-hydrogen) atoms. The average Bonchev–Trinajstić information content (AvgIpc) is 2.74. The SMILES string of the molecule is CC(C)(C(=O)Nc1ccc(C#N)cc1)C(=O)N1CCN(c2ncccn2)CC1. The Bertz CT molecular complexity index is 881. The highest BCUT2D eigenvalue weighted by molar-refractivity contribution is 6.09. The lowest BCUT2D eigenvalue weighted by atomic mass is 9.89. The molecule has 0 atom stereocenters. The summed E-state index contributed by atoms with van der Waals surface area (Å²) in [6, 6.07) is 10.3. The number of hydrogen-bond donors (Lipinski definition) is 1. The molecule has 1 aromatic carbocycles. The van der Waals surface area contributed by atoms with E-state index in [-0.39, 0.29) is 11.8 Å². The Kier molecular flexibility index (Phi) is 5.54. The van der Waals surface area contributed by atoms with Crippen molar-refractivity contribution in [2.45, 2.75) is 13.8 Å². The van der Waals surface area contributed by atoms with Gasteiger partial charge in [0.15, 0.2) is 0 Å². The summed E-state index contributed by atoms with van der Waals surface area (Å²) < 4.78 is 0. The summed E-state index contributed by atoms with van der Waals surface area (Å²) in [7, 11) is 0. The number of anilines is 2. The van der Waals surface area contributed by atoms with E-state index in [1.807, 2.05) is 11.0 Å². The van der Waals surface area contributed by atoms with Crippen molar-refractivity contribution in [1.82, 2.24) is 14.9 Å². The van der Waals surface area contributed by atoms with Gasteiger partial charge in [0.1, 0.15) is 5.41 Å². The molecule has 144 valence electrons. The number of benzene rings is 1. The zero-order chi connectivity index (χ0) is 20.1. The first kappa shape index (κ1) is 19.3. The first-order chi connectivity index (χ1) is 13.4. The van der Waals surface area contributed by atoms with Crippen LogP contribution in [0.5, 0.6) is 0 Å². The smallest absolute Gasteiger partial charge is 0.239 e. The molecule has 0 aliphatic carbocycles. The molecule has 8 heteroatoms. The van der Waals surface area contributed by atoms with Crippen molar-refractivity contribution in [2.75, 3.05) is 36.4 Å². The molecule has 0 radical (unpaired) electrons. The third-order valence-corrected chi connectivity index (χ3v) is 4.78. The maximum Gasteiger partial charge on any atom is 0.239 e. The van der Waals surface area contributed by atoms with Crippen molar-refractivity contribution in [3.8, 4) is 6.07 Å². The number of nitriles is 1. The average molecular weight is 378 g/mol. The summed E-state index contributed by atoms with van der Waals surface area (Å²) in [6.45, 7) is 5.49. The van der Waals surface area contributed by atoms with Crippen LogP contribution in [0.15, 0.2) is 42.7 Å². The van der Waals surface area contributed by atoms with Crippen molar-refractivity contribution in [1.29, 1.82) is 5.26 Å². The molecule has 2 amide bonds. The Balaban J connectivity index is 1.60. The van der Waals surface area contributed by atoms with Crippen LogP contribution in [-0.2, 0) is 9.59 Å². The van der Waals surface area contributed by atoms with E-state index < -0.39 is 5.41 Å². The number of rotatable bonds is 4. The second kappa shape index (κ2) is 8.05. The molecule has 1 fully saturated rings. The zero-order valence-electron chi connectivity index (χ0n) is 15.9. The largest absolute Gasteiger partial charge is 0.338 e. The van der Waals surface area contributed by atoms with Gasteiger partial charge in [-0.25, -0.2) is 9.97 Å². The fourth-order valence-corrected chi connectivity index (χ4v) is 2.97. The monoisotopic (exact) mass is 378 g/mol. The van der Waals surface area contributed by atoms with E-state index >= 15 is 0 Å². The highest BCUT2D eigenvalue weighted by Crippen LogP contribution is 2.23. The molecule has 2 heterocycles. The van der Waals surface area contributed by atoms with E-state index in [4.69, 9.17) is 5.26 Å². The molecule has 1 aliphatic rings. The third kappa shape index (κ3) is 4.09. The second-order valence-corrected chi connectivity index (χ2v) is 7.10. The minimum absolute atomic E-state index is 0.215. The van der Waals surface area contributed by atoms with E-state index in [0.29, 0.717) is 43.4 Å². The zero-order valence-corrected chi connectivity index (χ0v) is 15.9. The van der Waals surface area contributed by atoms with Crippen LogP contribution in [0.4, 0.5) is 11.6 Å². The van der Waals surface area contributed by atoms with Crippen molar-refractivity contribution in [2.24, 2.45) is 5.41 Å². The van der Waals surface area contributed by atoms with Crippen LogP contribution in [0.3, 0.4) is 0 Å². The van der Waals surface area contributed by atoms with E-state index in [9.17, 15) is 9.59 Å². The van der Waals surface area contributed by atoms with Crippen molar-refractivity contribution < 1.29 is 9.59 Å². The van der Waals surface area contributed by atoms with E-state index in [2.05, 4.69) is 15.3 Å². The predicted molar refractivity (Wildman–Crippen MR) is 104 cm³/mol. The Morgan fingerprint density at radius 3 is 2.25 bits per heavy atom. The first-order valence-electron chi connectivity index (χ1n) is 9.05. The Morgan fingerprint density at radius 2 is 1.68 bits per heavy atom. The van der Waals surface area contributed by atoms with Gasteiger partial charge in [0.2, 0.25) is 17.8 Å². The molecule has 1 saturated heterocycles. The van der Waals surface area contributed by atoms with Crippen LogP contribution < -0.4 is 10.2 Å². The number of aromatic nitrogens is 2. The molecule has 0 saturated carbocycles. The van der Waals surface area contributed by atoms with Crippen LogP contribution in [0.2, 0.25) is 0 Å². The number of carbonyl (C=O) groups excluding carboxylic acids is 2. The number of amides is 2. The van der Waals surface area contributed by atoms with E-state index in [1.165, 1.54) is 0 Å². The highest BCUT2D eigenvalue weighted by Gasteiger charge is 2.40. The second-order valence-electron chi connectivity index (χ2n) is 7.10. The maximum absolute atomic E-state index is 13.0. The minimum atomic E-state index is -1.21. The molecular formula is C20H22N6O2. The number of nitrogens with zero attached hydrogens (tertiary/aromatic N) is 5. The lowest BCUT2D eigenvalue weighted by Crippen LogP contribution is -2.54. The fraction of sp³-hybridized carbons (Fsp3) is 0.350. The molecule has 0 spiro atoms. The van der Waals surface area contributed by atoms with Gasteiger partial charge in [-0.2, -0.15) is 5.26 Å². The Labute approximate surface area is 163 Å². The Morgan fingerprint density at radius 1 is 1.07 bits per heavy atom. The summed E-state index contributed by atoms with van der Waals surface area (Å²) in [6.07, 6.45) is 3.38. The van der Waals surface area contributed by atoms with Crippen LogP contribution >= 0.6 is 0 Å². The first-order valence-corrected chi connectivity index (χ1v) is 9.05. The van der Waals surface area contributed by atoms with E-state index in [1.54, 1.807) is 61.5 Å². The number of piperazine rings is 1. The summed E-state index contributed by atoms with van der Waals surface area (Å²) in [5, 5.41) is 11.6. The van der Waals surface area contributed by atoms with Gasteiger partial charge in [-0.1, -0.05) is 0 Å². The molecular weight excluding hydrogens is 356 g/mol. The fourth-order valence-electron chi connectivity index (χ4n) is 2.97. The molecule has 2 aromatic rings. The van der Waals surface area contributed by atoms with E-state index in [0.717, 1.165) is 0 Å². The quantitative estimate of drug-likeness (QED) is 0.812. The van der Waals surface area contributed by atoms with Crippen LogP contribution in [0.1, 0.15) is 19.4 Å². The minimum Gasteiger partial charge on any atom is -0.338 e. The van der Waals surface area contributed by atoms with Gasteiger partial charge >= 0.3 is 0 Å². The molecule has 0 bridgehead atoms. The maximum atomic E-state index is 13.0. The van der Waals surface area contributed by atoms with Crippen LogP contribution in [-0.4, -0.2) is 52.9 Å². The molecule has 8 nitrogen and oxygen atoms in total. The molecule has 3 rings (SSSR count). The van der Waals surface area contributed by atoms with Gasteiger partial charge in [0.05, 0.1) is 11.6 Å². The summed E-state index contributed by atoms with van der Waals surface area (Å²) in [4.78, 5) is 37.9. The van der Waals surface area contributed by atoms with Crippen molar-refractivity contribution >= 4 is 23.5 Å². The topological polar surface area (TPSA) is 102 Å². The van der Waals surface area contributed by atoms with Crippen LogP contribution in [0, 0.1) is 16.7 Å². The predicted octanol–water partition coefficient (Wildman–Crippen LogP) is 1.66. The van der Waals surface area contributed by atoms with Gasteiger partial charge in [-0.05, 0) is 44.2 Å². The summed E-state index contributed by atoms with van der Waals surface area (Å²) >= 11 is 0. The van der Waals surface area contributed by atoms with Gasteiger partial charge in [0, 0.05) is 44.3 Å². The lowest BCUT2D eigenvalue weighted by Gasteiger charge is -2.38. The number of hydrogen-bond acceptors (Lipinski definition) is 6. The molecule has 1 aliphatic heterocycles. The normalized spacial score (nSPS) is 14.3. The van der Waals surface area contributed by atoms with Crippen molar-refractivity contribution in [3.63, 3.8) is 0 Å². The summed E-state index contributed by atoms with van der Waals surface area (Å²) in [5.74, 6) is 0.0516. The van der Waals surface area contributed by atoms with Crippen LogP contribution in [0.25, 0.3) is 0 Å². The molecule has 1 aromatic heterocycles. The van der Waals surface area contributed by atoms with Gasteiger partial charge < -0.3 is 15.1 Å². The lowest BCUT2D eigenvalue weighted by molar-refractivity contribution is -0.146. The van der Waals surface area contributed by atoms with Gasteiger partial charge in [0.25, 0.3) is 0 Å². The third-order valence-electron chi connectivity index (χ3n) is 4.78. The summed E-state index contributed by atoms with van der Waals surface area (Å²) in [5.41, 5.74) is -0.149. The highest BCUT2D eigenvalue weighted by atomic mass is 16.2. The van der Waals surface area contributed by atoms with Gasteiger partial charge in [-0.15, -0.1) is 0 Å². The Hall–Kier alpha value is -3.47. The number of nitrogens with one attached hydrogen (secondary N) is 1. The molecule has 0 unspecified atom stereocenters. The van der Waals surface area contributed by atoms with Crippen molar-refractivity contribution in [3.05, 3.63) is 48.3 Å².